The van der Waals surface area contributed by atoms with Gasteiger partial charge >= 0.3 is 12.7 Å². The van der Waals surface area contributed by atoms with E-state index in [-0.39, 0.29) is 29.8 Å². The Bertz CT molecular complexity index is 1720. The van der Waals surface area contributed by atoms with E-state index in [1.165, 1.54) is 10.7 Å². The maximum atomic E-state index is 13.4. The quantitative estimate of drug-likeness (QED) is 0.316. The second-order valence-corrected chi connectivity index (χ2v) is 10.4. The standard InChI is InChI=1S/C27H23B3F2N6O4/c1-15-2-5-22(42-24(31)32)17(8-15)12-37-21-9-16(3-4-20(21)23(39)38(37)27(28,29)30)18-10-33-25(34-11-18)35-6-7-36-19(13-35)14-41-26(36)40/h2-5,8-11,19,24H,6-7,12-14H2,1H3/t19-/m1/s1. The lowest BCUT2D eigenvalue weighted by atomic mass is 9.49. The fraction of sp³-hybridized carbons (Fsp3) is 0.333. The fourth-order valence-electron chi connectivity index (χ4n) is 5.49. The van der Waals surface area contributed by atoms with E-state index in [0.29, 0.717) is 54.4 Å². The number of aryl methyl sites for hydroxylation is 1. The highest BCUT2D eigenvalue weighted by atomic mass is 19.3. The second kappa shape index (κ2) is 10.5. The maximum absolute atomic E-state index is 13.4. The highest BCUT2D eigenvalue weighted by Crippen LogP contribution is 2.29. The molecule has 2 aromatic heterocycles. The number of nitrogens with zero attached hydrogens (tertiary/aromatic N) is 6. The summed E-state index contributed by atoms with van der Waals surface area (Å²) >= 11 is 0. The van der Waals surface area contributed by atoms with Gasteiger partial charge in [0.25, 0.3) is 5.56 Å². The van der Waals surface area contributed by atoms with Crippen LogP contribution in [0, 0.1) is 6.92 Å². The predicted octanol–water partition coefficient (Wildman–Crippen LogP) is 1.93. The number of fused-ring (bicyclic) bond motifs is 2. The van der Waals surface area contributed by atoms with E-state index < -0.39 is 17.4 Å². The van der Waals surface area contributed by atoms with Gasteiger partial charge in [-0.25, -0.2) is 14.8 Å². The van der Waals surface area contributed by atoms with E-state index in [4.69, 9.17) is 33.0 Å². The zero-order valence-electron chi connectivity index (χ0n) is 22.6. The third-order valence-corrected chi connectivity index (χ3v) is 7.43. The molecule has 6 rings (SSSR count). The summed E-state index contributed by atoms with van der Waals surface area (Å²) in [6, 6.07) is 9.80. The average Bonchev–Trinajstić information content (AvgIpc) is 3.46. The summed E-state index contributed by atoms with van der Waals surface area (Å²) in [6.45, 7) is 0.670. The molecule has 2 fully saturated rings. The molecule has 2 saturated heterocycles. The Balaban J connectivity index is 1.36. The lowest BCUT2D eigenvalue weighted by Crippen LogP contribution is -2.52. The molecule has 6 radical (unpaired) electrons. The van der Waals surface area contributed by atoms with Gasteiger partial charge in [0.1, 0.15) is 12.4 Å². The molecular formula is C27H23B3F2N6O4. The topological polar surface area (TPSA) is 94.7 Å². The van der Waals surface area contributed by atoms with Crippen molar-refractivity contribution in [2.24, 2.45) is 0 Å². The smallest absolute Gasteiger partial charge is 0.410 e. The van der Waals surface area contributed by atoms with Crippen molar-refractivity contribution in [3.63, 3.8) is 0 Å². The molecule has 2 aromatic carbocycles. The average molecular weight is 566 g/mol. The summed E-state index contributed by atoms with van der Waals surface area (Å²) in [5.74, 6) is 0.467. The van der Waals surface area contributed by atoms with Crippen molar-refractivity contribution < 1.29 is 23.0 Å². The van der Waals surface area contributed by atoms with Crippen LogP contribution in [0.5, 0.6) is 5.75 Å². The Kier molecular flexibility index (Phi) is 6.98. The highest BCUT2D eigenvalue weighted by molar-refractivity contribution is 6.56. The molecule has 2 aliphatic rings. The molecule has 10 nitrogen and oxygen atoms in total. The van der Waals surface area contributed by atoms with Crippen molar-refractivity contribution in [2.75, 3.05) is 31.1 Å². The van der Waals surface area contributed by atoms with Crippen LogP contribution in [0.3, 0.4) is 0 Å². The molecule has 0 aliphatic carbocycles. The Morgan fingerprint density at radius 3 is 2.55 bits per heavy atom. The number of halogens is 2. The number of alkyl halides is 2. The second-order valence-electron chi connectivity index (χ2n) is 10.4. The molecule has 42 heavy (non-hydrogen) atoms. The Labute approximate surface area is 243 Å². The Hall–Kier alpha value is -4.29. The highest BCUT2D eigenvalue weighted by Gasteiger charge is 2.38. The number of aromatic nitrogens is 4. The van der Waals surface area contributed by atoms with Crippen LogP contribution in [0.1, 0.15) is 11.1 Å². The van der Waals surface area contributed by atoms with Crippen molar-refractivity contribution in [3.05, 3.63) is 70.3 Å². The summed E-state index contributed by atoms with van der Waals surface area (Å²) in [6.07, 6.45) is 3.04. The van der Waals surface area contributed by atoms with Crippen molar-refractivity contribution in [3.8, 4) is 16.9 Å². The summed E-state index contributed by atoms with van der Waals surface area (Å²) in [5, 5.41) is -1.81. The van der Waals surface area contributed by atoms with Gasteiger partial charge in [-0.3, -0.25) is 19.1 Å². The lowest BCUT2D eigenvalue weighted by molar-refractivity contribution is -0.0505. The molecule has 0 spiro atoms. The Morgan fingerprint density at radius 2 is 1.83 bits per heavy atom. The minimum Gasteiger partial charge on any atom is -0.447 e. The number of ether oxygens (including phenoxy) is 2. The minimum absolute atomic E-state index is 0.0440. The van der Waals surface area contributed by atoms with Crippen LogP contribution < -0.4 is 15.2 Å². The molecule has 0 saturated carbocycles. The molecule has 2 aliphatic heterocycles. The van der Waals surface area contributed by atoms with Crippen LogP contribution >= 0.6 is 0 Å². The summed E-state index contributed by atoms with van der Waals surface area (Å²) in [5.41, 5.74) is 2.39. The van der Waals surface area contributed by atoms with Gasteiger partial charge in [-0.15, -0.1) is 0 Å². The molecule has 0 N–H and O–H groups in total. The molecule has 208 valence electrons. The third-order valence-electron chi connectivity index (χ3n) is 7.43. The third kappa shape index (κ3) is 5.12. The molecule has 0 unspecified atom stereocenters. The van der Waals surface area contributed by atoms with Crippen molar-refractivity contribution in [1.29, 1.82) is 0 Å². The van der Waals surface area contributed by atoms with Crippen LogP contribution in [0.25, 0.3) is 22.0 Å². The summed E-state index contributed by atoms with van der Waals surface area (Å²) < 4.78 is 38.6. The Morgan fingerprint density at radius 1 is 1.07 bits per heavy atom. The normalized spacial score (nSPS) is 17.1. The van der Waals surface area contributed by atoms with Crippen LogP contribution in [-0.2, 0) is 16.5 Å². The zero-order chi connectivity index (χ0) is 29.8. The first kappa shape index (κ1) is 27.9. The number of rotatable bonds is 7. The number of hydrogen-bond donors (Lipinski definition) is 0. The number of cyclic esters (lactones) is 1. The van der Waals surface area contributed by atoms with Gasteiger partial charge < -0.3 is 14.4 Å². The van der Waals surface area contributed by atoms with Crippen LogP contribution in [0.4, 0.5) is 19.5 Å². The molecule has 4 aromatic rings. The van der Waals surface area contributed by atoms with Crippen LogP contribution in [0.2, 0.25) is 0 Å². The first-order valence-electron chi connectivity index (χ1n) is 13.2. The first-order chi connectivity index (χ1) is 20.0. The van der Waals surface area contributed by atoms with Gasteiger partial charge in [-0.05, 0) is 35.9 Å². The maximum Gasteiger partial charge on any atom is 0.410 e. The molecule has 0 bridgehead atoms. The van der Waals surface area contributed by atoms with Crippen LogP contribution in [0.15, 0.2) is 53.6 Å². The monoisotopic (exact) mass is 566 g/mol. The number of piperazine rings is 1. The van der Waals surface area contributed by atoms with E-state index in [2.05, 4.69) is 9.97 Å². The van der Waals surface area contributed by atoms with Crippen molar-refractivity contribution in [2.45, 2.75) is 31.4 Å². The minimum atomic E-state index is -3.04. The first-order valence-corrected chi connectivity index (χ1v) is 13.2. The SMILES string of the molecule is [B]C([B])([B])n1c(=O)c2ccc(-c3cnc(N4CCN5C(=O)OC[C@H]5C4)nc3)cc2n1Cc1cc(C)ccc1OC(F)F. The van der Waals surface area contributed by atoms with Crippen molar-refractivity contribution >= 4 is 46.5 Å². The number of carbonyl (C=O) groups excluding carboxylic acids is 1. The van der Waals surface area contributed by atoms with Gasteiger partial charge in [0.05, 0.1) is 47.0 Å². The van der Waals surface area contributed by atoms with Gasteiger partial charge in [0, 0.05) is 43.2 Å². The van der Waals surface area contributed by atoms with Crippen molar-refractivity contribution in [1.82, 2.24) is 24.2 Å². The number of hydrogen-bond acceptors (Lipinski definition) is 7. The molecule has 1 atom stereocenters. The van der Waals surface area contributed by atoms with E-state index in [1.807, 2.05) is 4.90 Å². The molecular weight excluding hydrogens is 543 g/mol. The van der Waals surface area contributed by atoms with Gasteiger partial charge in [-0.1, -0.05) is 23.8 Å². The largest absolute Gasteiger partial charge is 0.447 e. The van der Waals surface area contributed by atoms with Crippen LogP contribution in [-0.4, -0.2) is 92.8 Å². The van der Waals surface area contributed by atoms with E-state index >= 15 is 0 Å². The molecule has 4 heterocycles. The number of benzene rings is 2. The summed E-state index contributed by atoms with van der Waals surface area (Å²) in [7, 11) is 18.0. The lowest BCUT2D eigenvalue weighted by Gasteiger charge is -2.35. The van der Waals surface area contributed by atoms with E-state index in [0.717, 1.165) is 10.2 Å². The molecule has 1 amide bonds. The number of carbonyl (C=O) groups is 1. The molecule has 15 heteroatoms. The summed E-state index contributed by atoms with van der Waals surface area (Å²) in [4.78, 5) is 38.0. The van der Waals surface area contributed by atoms with Gasteiger partial charge in [0.15, 0.2) is 0 Å². The van der Waals surface area contributed by atoms with Gasteiger partial charge in [0.2, 0.25) is 5.95 Å². The zero-order valence-corrected chi connectivity index (χ0v) is 22.6. The fourth-order valence-corrected chi connectivity index (χ4v) is 5.49. The predicted molar refractivity (Wildman–Crippen MR) is 153 cm³/mol. The number of amides is 1. The van der Waals surface area contributed by atoms with E-state index in [1.54, 1.807) is 54.5 Å². The number of anilines is 1. The van der Waals surface area contributed by atoms with Gasteiger partial charge in [-0.2, -0.15) is 8.78 Å². The van der Waals surface area contributed by atoms with E-state index in [9.17, 15) is 18.4 Å².